The second-order valence-electron chi connectivity index (χ2n) is 12.0. The van der Waals surface area contributed by atoms with Gasteiger partial charge < -0.3 is 25.2 Å². The Morgan fingerprint density at radius 2 is 1.41 bits per heavy atom. The highest BCUT2D eigenvalue weighted by atomic mass is 28.3. The maximum Gasteiger partial charge on any atom is 0.407 e. The van der Waals surface area contributed by atoms with E-state index in [1.807, 2.05) is 13.8 Å². The zero-order valence-electron chi connectivity index (χ0n) is 21.9. The van der Waals surface area contributed by atoms with Gasteiger partial charge in [0.25, 0.3) is 5.91 Å². The molecule has 0 aliphatic rings. The van der Waals surface area contributed by atoms with Crippen molar-refractivity contribution in [2.45, 2.75) is 123 Å². The van der Waals surface area contributed by atoms with Gasteiger partial charge in [0.05, 0.1) is 6.04 Å². The fourth-order valence-electron chi connectivity index (χ4n) is 2.85. The van der Waals surface area contributed by atoms with Gasteiger partial charge in [-0.15, -0.1) is 0 Å². The predicted molar refractivity (Wildman–Crippen MR) is 129 cm³/mol. The van der Waals surface area contributed by atoms with Crippen LogP contribution in [0.3, 0.4) is 0 Å². The molecule has 3 N–H and O–H groups in total. The summed E-state index contributed by atoms with van der Waals surface area (Å²) in [6.45, 7) is 20.9. The van der Waals surface area contributed by atoms with Crippen molar-refractivity contribution in [3.63, 3.8) is 0 Å². The van der Waals surface area contributed by atoms with Gasteiger partial charge in [-0.05, 0) is 60.3 Å². The van der Waals surface area contributed by atoms with Crippen LogP contribution in [0.1, 0.15) is 68.2 Å². The Balaban J connectivity index is 5.49. The minimum Gasteiger partial charge on any atom is -0.458 e. The van der Waals surface area contributed by atoms with Gasteiger partial charge in [-0.1, -0.05) is 39.5 Å². The first kappa shape index (κ1) is 30.4. The highest BCUT2D eigenvalue weighted by Crippen LogP contribution is 2.17. The van der Waals surface area contributed by atoms with Crippen molar-refractivity contribution < 1.29 is 29.0 Å². The van der Waals surface area contributed by atoms with Crippen LogP contribution in [0, 0.1) is 5.92 Å². The molecule has 0 aromatic heterocycles. The Kier molecular flexibility index (Phi) is 11.4. The molecule has 0 spiro atoms. The van der Waals surface area contributed by atoms with Crippen LogP contribution in [0.25, 0.3) is 0 Å². The van der Waals surface area contributed by atoms with Gasteiger partial charge in [-0.25, -0.2) is 9.59 Å². The molecule has 32 heavy (non-hydrogen) atoms. The summed E-state index contributed by atoms with van der Waals surface area (Å²) in [5.74, 6) is -1.16. The second-order valence-corrected chi connectivity index (χ2v) is 17.6. The summed E-state index contributed by atoms with van der Waals surface area (Å²) in [6, 6.07) is -0.940. The van der Waals surface area contributed by atoms with Gasteiger partial charge in [0, 0.05) is 8.07 Å². The van der Waals surface area contributed by atoms with Gasteiger partial charge >= 0.3 is 12.1 Å². The number of hydrogen-bond acceptors (Lipinski definition) is 6. The van der Waals surface area contributed by atoms with Gasteiger partial charge in [-0.3, -0.25) is 4.79 Å². The first-order valence-corrected chi connectivity index (χ1v) is 15.1. The predicted octanol–water partition coefficient (Wildman–Crippen LogP) is 3.84. The molecule has 0 aromatic carbocycles. The molecule has 9 heteroatoms. The van der Waals surface area contributed by atoms with Crippen molar-refractivity contribution in [2.24, 2.45) is 5.92 Å². The first-order chi connectivity index (χ1) is 14.2. The molecular weight excluding hydrogens is 428 g/mol. The van der Waals surface area contributed by atoms with Crippen LogP contribution in [0.15, 0.2) is 0 Å². The Morgan fingerprint density at radius 1 is 0.906 bits per heavy atom. The van der Waals surface area contributed by atoms with Gasteiger partial charge in [0.1, 0.15) is 17.2 Å². The number of aliphatic hydroxyl groups is 1. The summed E-state index contributed by atoms with van der Waals surface area (Å²) < 4.78 is 10.7. The summed E-state index contributed by atoms with van der Waals surface area (Å²) >= 11 is 0. The van der Waals surface area contributed by atoms with Crippen LogP contribution in [-0.2, 0) is 19.1 Å². The quantitative estimate of drug-likeness (QED) is 0.327. The average molecular weight is 475 g/mol. The van der Waals surface area contributed by atoms with Crippen LogP contribution in [-0.4, -0.2) is 60.5 Å². The van der Waals surface area contributed by atoms with Gasteiger partial charge in [0.15, 0.2) is 6.10 Å². The number of nitrogens with one attached hydrogen (secondary N) is 2. The molecule has 0 saturated heterocycles. The van der Waals surface area contributed by atoms with Crippen molar-refractivity contribution in [3.05, 3.63) is 0 Å². The Bertz CT molecular complexity index is 632. The van der Waals surface area contributed by atoms with E-state index in [1.54, 1.807) is 41.5 Å². The second kappa shape index (κ2) is 12.0. The molecule has 0 bridgehead atoms. The van der Waals surface area contributed by atoms with Crippen molar-refractivity contribution in [1.82, 2.24) is 10.6 Å². The van der Waals surface area contributed by atoms with Crippen molar-refractivity contribution in [1.29, 1.82) is 0 Å². The molecule has 0 fully saturated rings. The molecule has 2 amide bonds. The number of carbonyl (C=O) groups is 3. The number of esters is 1. The van der Waals surface area contributed by atoms with E-state index in [1.165, 1.54) is 0 Å². The van der Waals surface area contributed by atoms with E-state index in [0.717, 1.165) is 6.04 Å². The lowest BCUT2D eigenvalue weighted by Crippen LogP contribution is -2.55. The summed E-state index contributed by atoms with van der Waals surface area (Å²) in [6.07, 6.45) is -1.44. The van der Waals surface area contributed by atoms with Gasteiger partial charge in [-0.2, -0.15) is 0 Å². The Labute approximate surface area is 195 Å². The molecule has 0 saturated carbocycles. The SMILES string of the molecule is CC(C)C[C@H](NC(=O)[C@@H](O)[C@@H](CC[Si](C)(C)C)NC(=O)OC(C)(C)C)C(=O)OC(C)(C)C. The zero-order valence-corrected chi connectivity index (χ0v) is 22.9. The number of carbonyl (C=O) groups excluding carboxylic acids is 3. The number of hydrogen-bond donors (Lipinski definition) is 3. The first-order valence-electron chi connectivity index (χ1n) is 11.4. The largest absolute Gasteiger partial charge is 0.458 e. The van der Waals surface area contributed by atoms with Crippen molar-refractivity contribution in [3.8, 4) is 0 Å². The lowest BCUT2D eigenvalue weighted by atomic mass is 10.0. The third-order valence-electron chi connectivity index (χ3n) is 4.27. The van der Waals surface area contributed by atoms with E-state index >= 15 is 0 Å². The van der Waals surface area contributed by atoms with E-state index in [-0.39, 0.29) is 5.92 Å². The molecule has 0 radical (unpaired) electrons. The standard InChI is InChI=1S/C23H46N2O6Si/c1-15(2)14-17(20(28)30-22(3,4)5)24-19(27)18(26)16(12-13-32(9,10)11)25-21(29)31-23(6,7)8/h15-18,26H,12-14H2,1-11H3,(H,24,27)(H,25,29)/t16-,17+,18+/m1/s1. The van der Waals surface area contributed by atoms with E-state index in [0.29, 0.717) is 12.8 Å². The fourth-order valence-corrected chi connectivity index (χ4v) is 4.03. The minimum atomic E-state index is -1.53. The molecule has 0 aromatic rings. The number of aliphatic hydroxyl groups excluding tert-OH is 1. The third kappa shape index (κ3) is 14.4. The number of rotatable bonds is 10. The summed E-state index contributed by atoms with van der Waals surface area (Å²) in [5.41, 5.74) is -1.41. The topological polar surface area (TPSA) is 114 Å². The molecule has 188 valence electrons. The molecule has 0 unspecified atom stereocenters. The van der Waals surface area contributed by atoms with Crippen LogP contribution in [0.5, 0.6) is 0 Å². The highest BCUT2D eigenvalue weighted by molar-refractivity contribution is 6.76. The zero-order chi connectivity index (χ0) is 25.5. The Morgan fingerprint density at radius 3 is 1.81 bits per heavy atom. The number of amides is 2. The number of ether oxygens (including phenoxy) is 2. The summed E-state index contributed by atoms with van der Waals surface area (Å²) in [4.78, 5) is 37.8. The monoisotopic (exact) mass is 474 g/mol. The molecule has 0 heterocycles. The van der Waals surface area contributed by atoms with E-state index in [2.05, 4.69) is 30.3 Å². The maximum atomic E-state index is 12.9. The molecular formula is C23H46N2O6Si. The van der Waals surface area contributed by atoms with Crippen molar-refractivity contribution in [2.75, 3.05) is 0 Å². The van der Waals surface area contributed by atoms with Crippen LogP contribution in [0.2, 0.25) is 25.7 Å². The summed E-state index contributed by atoms with van der Waals surface area (Å²) in [7, 11) is -1.51. The highest BCUT2D eigenvalue weighted by Gasteiger charge is 2.34. The molecule has 0 aliphatic heterocycles. The van der Waals surface area contributed by atoms with Crippen LogP contribution < -0.4 is 10.6 Å². The lowest BCUT2D eigenvalue weighted by Gasteiger charge is -2.30. The summed E-state index contributed by atoms with van der Waals surface area (Å²) in [5, 5.41) is 16.1. The molecule has 0 rings (SSSR count). The molecule has 0 aliphatic carbocycles. The molecule has 3 atom stereocenters. The normalized spacial score (nSPS) is 15.5. The van der Waals surface area contributed by atoms with Crippen LogP contribution >= 0.6 is 0 Å². The third-order valence-corrected chi connectivity index (χ3v) is 6.06. The van der Waals surface area contributed by atoms with E-state index in [4.69, 9.17) is 9.47 Å². The minimum absolute atomic E-state index is 0.118. The Hall–Kier alpha value is -1.61. The van der Waals surface area contributed by atoms with Crippen molar-refractivity contribution >= 4 is 26.0 Å². The average Bonchev–Trinajstić information content (AvgIpc) is 2.52. The fraction of sp³-hybridized carbons (Fsp3) is 0.870. The smallest absolute Gasteiger partial charge is 0.407 e. The van der Waals surface area contributed by atoms with Crippen LogP contribution in [0.4, 0.5) is 4.79 Å². The van der Waals surface area contributed by atoms with Gasteiger partial charge in [0.2, 0.25) is 0 Å². The van der Waals surface area contributed by atoms with E-state index < -0.39 is 55.4 Å². The maximum absolute atomic E-state index is 12.9. The lowest BCUT2D eigenvalue weighted by molar-refractivity contribution is -0.159. The molecule has 8 nitrogen and oxygen atoms in total. The van der Waals surface area contributed by atoms with E-state index in [9.17, 15) is 19.5 Å². The number of alkyl carbamates (subject to hydrolysis) is 1.